The van der Waals surface area contributed by atoms with Crippen molar-refractivity contribution in [2.75, 3.05) is 4.81 Å². The van der Waals surface area contributed by atoms with Crippen LogP contribution in [0.4, 0.5) is 11.5 Å². The fraction of sp³-hybridized carbons (Fsp3) is 0.274. The van der Waals surface area contributed by atoms with Gasteiger partial charge in [-0.05, 0) is 24.5 Å². The third-order valence-electron chi connectivity index (χ3n) is 13.4. The molecule has 0 unspecified atom stereocenters. The van der Waals surface area contributed by atoms with E-state index in [0.717, 1.165) is 77.3 Å². The number of imidazole rings is 1. The Morgan fingerprint density at radius 3 is 1.94 bits per heavy atom. The van der Waals surface area contributed by atoms with Crippen LogP contribution in [-0.2, 0) is 35.6 Å². The van der Waals surface area contributed by atoms with Gasteiger partial charge in [-0.1, -0.05) is 13.8 Å². The Labute approximate surface area is 438 Å². The number of benzene rings is 6. The van der Waals surface area contributed by atoms with Gasteiger partial charge in [0.1, 0.15) is 0 Å². The second kappa shape index (κ2) is 18.3. The van der Waals surface area contributed by atoms with E-state index in [1.165, 1.54) is 0 Å². The molecule has 0 saturated heterocycles. The van der Waals surface area contributed by atoms with E-state index in [1.54, 1.807) is 0 Å². The van der Waals surface area contributed by atoms with E-state index in [9.17, 15) is 2.74 Å². The molecule has 9 heteroatoms. The van der Waals surface area contributed by atoms with Gasteiger partial charge in [-0.3, -0.25) is 0 Å². The van der Waals surface area contributed by atoms with Crippen molar-refractivity contribution in [3.05, 3.63) is 184 Å². The van der Waals surface area contributed by atoms with Crippen LogP contribution in [0.25, 0.3) is 55.9 Å². The summed E-state index contributed by atoms with van der Waals surface area (Å²) >= 11 is 2.37. The minimum absolute atomic E-state index is 0.136. The van der Waals surface area contributed by atoms with Crippen LogP contribution in [0.3, 0.4) is 0 Å². The summed E-state index contributed by atoms with van der Waals surface area (Å²) in [4.78, 5) is 7.10. The number of ether oxygens (including phenoxy) is 1. The van der Waals surface area contributed by atoms with Crippen LogP contribution in [0.15, 0.2) is 146 Å². The first kappa shape index (κ1) is 42.2. The van der Waals surface area contributed by atoms with Gasteiger partial charge in [0.2, 0.25) is 0 Å². The molecular formula is C62H63BN6OPt-2. The topological polar surface area (TPSA) is 53.0 Å². The Hall–Kier alpha value is -6.50. The van der Waals surface area contributed by atoms with E-state index in [4.69, 9.17) is 18.9 Å². The molecule has 0 aliphatic carbocycles. The predicted molar refractivity (Wildman–Crippen MR) is 290 cm³/mol. The molecule has 362 valence electrons. The zero-order valence-corrected chi connectivity index (χ0v) is 45.0. The number of hydrogen-bond donors (Lipinski definition) is 0. The van der Waals surface area contributed by atoms with Gasteiger partial charge in [-0.15, -0.1) is 0 Å². The van der Waals surface area contributed by atoms with E-state index in [2.05, 4.69) is 188 Å². The summed E-state index contributed by atoms with van der Waals surface area (Å²) in [5, 5.41) is 4.82. The van der Waals surface area contributed by atoms with Crippen molar-refractivity contribution < 1.29 is 30.9 Å². The third-order valence-corrected chi connectivity index (χ3v) is 14.4. The number of fused-ring (bicyclic) bond motifs is 4. The zero-order valence-electron chi connectivity index (χ0n) is 47.7. The maximum absolute atomic E-state index is 9.49. The van der Waals surface area contributed by atoms with Crippen molar-refractivity contribution >= 4 is 29.5 Å². The normalized spacial score (nSPS) is 14.0. The molecule has 3 aromatic heterocycles. The molecule has 0 N–H and O–H groups in total. The van der Waals surface area contributed by atoms with Crippen molar-refractivity contribution in [1.82, 2.24) is 23.8 Å². The Morgan fingerprint density at radius 1 is 0.662 bits per heavy atom. The van der Waals surface area contributed by atoms with Crippen molar-refractivity contribution in [2.24, 2.45) is 5.92 Å². The molecule has 71 heavy (non-hydrogen) atoms. The summed E-state index contributed by atoms with van der Waals surface area (Å²) in [6.45, 7) is 26.2. The standard InChI is InChI=1S/C62H63BN6O.Pt/c1-41(2)39-63-68(58-31-42(3)27-29-64-58)57-38-50(25-26-51(57)54-28-30-65-69(54)63)70-49-22-18-21-48(37-49)66-40-67(56-24-17-16-23-55(56)66)59-52(43-19-14-13-15-20-43)35-47(62(10,11)12)36-53(59)44-32-45(60(4,5)6)34-46(33-44)61(7,8)9;/h13-36,41H,39H2,1-12H3;/q-2;/i13D,14D,15D,19D,20D;. The van der Waals surface area contributed by atoms with Crippen molar-refractivity contribution in [1.29, 1.82) is 0 Å². The number of rotatable bonds is 9. The molecule has 0 saturated carbocycles. The van der Waals surface area contributed by atoms with Gasteiger partial charge in [-0.25, -0.2) is 0 Å². The molecule has 0 amide bonds. The van der Waals surface area contributed by atoms with Crippen LogP contribution < -0.4 is 9.55 Å². The first-order chi connectivity index (χ1) is 35.8. The van der Waals surface area contributed by atoms with Crippen LogP contribution in [0.1, 0.15) is 105 Å². The maximum atomic E-state index is 9.49. The third kappa shape index (κ3) is 9.21. The van der Waals surface area contributed by atoms with Crippen LogP contribution >= 0.6 is 0 Å². The van der Waals surface area contributed by atoms with Gasteiger partial charge in [0.15, 0.2) is 0 Å². The molecule has 0 atom stereocenters. The average molecular weight is 1120 g/mol. The first-order valence-electron chi connectivity index (χ1n) is 26.9. The SMILES string of the molecule is [2H]c1c([2H])c([2H])c(-c2cc(C(C)(C)C)cc(-c3cc(C(C)(C)C)cc(C(C)(C)C)c3)c2-n2[c](=[Pt])n(-c3[c-]c(Oc4[c-]c5c(cc4)-c4ccnn4B(CC(C)C)N5c4cc(C)ccn4)ccc3)c3ccccc32)c([2H])c1[2H]. The summed E-state index contributed by atoms with van der Waals surface area (Å²) in [5.41, 5.74) is 12.0. The van der Waals surface area contributed by atoms with Crippen LogP contribution in [0, 0.1) is 28.8 Å². The van der Waals surface area contributed by atoms with E-state index in [0.29, 0.717) is 34.4 Å². The molecule has 10 rings (SSSR count). The summed E-state index contributed by atoms with van der Waals surface area (Å²) in [7, 11) is 0. The van der Waals surface area contributed by atoms with Crippen molar-refractivity contribution in [3.63, 3.8) is 0 Å². The summed E-state index contributed by atoms with van der Waals surface area (Å²) in [6, 6.07) is 40.8. The van der Waals surface area contributed by atoms with Crippen molar-refractivity contribution in [2.45, 2.75) is 106 Å². The van der Waals surface area contributed by atoms with Crippen LogP contribution in [-0.4, -0.2) is 30.8 Å². The second-order valence-electron chi connectivity index (χ2n) is 22.3. The van der Waals surface area contributed by atoms with E-state index < -0.39 is 11.5 Å². The zero-order chi connectivity index (χ0) is 54.5. The van der Waals surface area contributed by atoms with Gasteiger partial charge in [0.05, 0.1) is 0 Å². The number of para-hydroxylation sites is 2. The molecule has 1 aliphatic rings. The van der Waals surface area contributed by atoms with Gasteiger partial charge in [0, 0.05) is 12.4 Å². The average Bonchev–Trinajstić information content (AvgIpc) is 4.16. The molecule has 0 spiro atoms. The summed E-state index contributed by atoms with van der Waals surface area (Å²) < 4.78 is 59.5. The van der Waals surface area contributed by atoms with Crippen LogP contribution in [0.5, 0.6) is 11.5 Å². The van der Waals surface area contributed by atoms with E-state index in [-0.39, 0.29) is 47.5 Å². The minimum atomic E-state index is -0.437. The Kier molecular flexibility index (Phi) is 10.9. The van der Waals surface area contributed by atoms with E-state index >= 15 is 0 Å². The molecule has 6 aromatic carbocycles. The number of aromatic nitrogens is 5. The Bertz CT molecular complexity index is 3780. The molecule has 1 aliphatic heterocycles. The molecule has 4 heterocycles. The van der Waals surface area contributed by atoms with Crippen molar-refractivity contribution in [3.8, 4) is 56.4 Å². The molecule has 0 bridgehead atoms. The Balaban J connectivity index is 1.20. The molecule has 7 nitrogen and oxygen atoms in total. The number of anilines is 2. The number of pyridine rings is 1. The summed E-state index contributed by atoms with van der Waals surface area (Å²) in [5.74, 6) is 2.17. The van der Waals surface area contributed by atoms with Gasteiger partial charge in [-0.2, -0.15) is 5.10 Å². The van der Waals surface area contributed by atoms with Gasteiger partial charge in [0.25, 0.3) is 0 Å². The number of hydrogen-bond acceptors (Lipinski definition) is 4. The monoisotopic (exact) mass is 1120 g/mol. The quantitative estimate of drug-likeness (QED) is 0.107. The molecular weight excluding hydrogens is 1050 g/mol. The molecule has 0 radical (unpaired) electrons. The first-order valence-corrected chi connectivity index (χ1v) is 25.6. The Morgan fingerprint density at radius 2 is 1.30 bits per heavy atom. The fourth-order valence-electron chi connectivity index (χ4n) is 9.54. The summed E-state index contributed by atoms with van der Waals surface area (Å²) in [6.07, 6.45) is 4.53. The number of nitrogens with zero attached hydrogens (tertiary/aromatic N) is 6. The predicted octanol–water partition coefficient (Wildman–Crippen LogP) is 15.8. The van der Waals surface area contributed by atoms with Gasteiger partial charge >= 0.3 is 385 Å². The fourth-order valence-corrected chi connectivity index (χ4v) is 10.6. The second-order valence-corrected chi connectivity index (χ2v) is 23.3. The van der Waals surface area contributed by atoms with Crippen LogP contribution in [0.2, 0.25) is 6.32 Å². The number of aryl methyl sites for hydroxylation is 1. The molecule has 9 aromatic rings. The van der Waals surface area contributed by atoms with Gasteiger partial charge < -0.3 is 0 Å². The van der Waals surface area contributed by atoms with E-state index in [1.807, 2.05) is 60.9 Å². The molecule has 0 fully saturated rings.